The summed E-state index contributed by atoms with van der Waals surface area (Å²) in [6, 6.07) is 10.4. The van der Waals surface area contributed by atoms with Crippen LogP contribution in [0.4, 0.5) is 5.82 Å². The third-order valence-corrected chi connectivity index (χ3v) is 7.15. The van der Waals surface area contributed by atoms with Crippen molar-refractivity contribution in [3.8, 4) is 0 Å². The van der Waals surface area contributed by atoms with Gasteiger partial charge in [0.1, 0.15) is 6.04 Å². The molecule has 2 N–H and O–H groups in total. The van der Waals surface area contributed by atoms with Crippen LogP contribution in [0.15, 0.2) is 35.5 Å². The van der Waals surface area contributed by atoms with Crippen molar-refractivity contribution in [1.29, 1.82) is 0 Å². The van der Waals surface area contributed by atoms with E-state index in [0.29, 0.717) is 34.6 Å². The molecule has 2 aromatic heterocycles. The topological polar surface area (TPSA) is 109 Å². The number of hydrogen-bond donors (Lipinski definition) is 2. The summed E-state index contributed by atoms with van der Waals surface area (Å²) in [5.74, 6) is 1.98. The highest BCUT2D eigenvalue weighted by Gasteiger charge is 2.40. The molecule has 10 heteroatoms. The van der Waals surface area contributed by atoms with Crippen molar-refractivity contribution in [3.05, 3.63) is 35.9 Å². The smallest absolute Gasteiger partial charge is 0.219 e. The summed E-state index contributed by atoms with van der Waals surface area (Å²) in [5, 5.41) is 23.5. The van der Waals surface area contributed by atoms with Gasteiger partial charge in [0.15, 0.2) is 22.1 Å². The number of thioether (sulfide) groups is 1. The van der Waals surface area contributed by atoms with Gasteiger partial charge in [-0.25, -0.2) is 14.6 Å². The van der Waals surface area contributed by atoms with E-state index in [0.717, 1.165) is 18.6 Å². The number of β-amino-alcohol motifs (C(OH)–C–C–N with tert-alkyl or cyclic N) is 1. The molecule has 0 spiro atoms. The van der Waals surface area contributed by atoms with Gasteiger partial charge in [0.05, 0.1) is 6.10 Å². The van der Waals surface area contributed by atoms with E-state index < -0.39 is 6.10 Å². The Morgan fingerprint density at radius 1 is 1.25 bits per heavy atom. The van der Waals surface area contributed by atoms with E-state index in [-0.39, 0.29) is 24.5 Å². The van der Waals surface area contributed by atoms with E-state index in [1.807, 2.05) is 6.07 Å². The lowest BCUT2D eigenvalue weighted by molar-refractivity contribution is -0.128. The molecule has 4 atom stereocenters. The molecule has 0 bridgehead atoms. The average molecular weight is 454 g/mol. The Hall–Kier alpha value is -2.72. The molecule has 2 aliphatic rings. The van der Waals surface area contributed by atoms with Crippen molar-refractivity contribution >= 4 is 34.7 Å². The van der Waals surface area contributed by atoms with Crippen LogP contribution >= 0.6 is 11.8 Å². The molecule has 1 saturated heterocycles. The summed E-state index contributed by atoms with van der Waals surface area (Å²) in [5.41, 5.74) is 2.50. The third-order valence-electron chi connectivity index (χ3n) is 6.10. The SMILES string of the molecule is CCCSc1nc(N[C@@H]2C[C@H]2c2ccccc2)c2nnn([C@@H]3CN(C(C)=O)C[C@H]3O)c2n1. The van der Waals surface area contributed by atoms with Gasteiger partial charge in [-0.3, -0.25) is 4.79 Å². The number of likely N-dealkylation sites (tertiary alicyclic amines) is 1. The molecular weight excluding hydrogens is 426 g/mol. The summed E-state index contributed by atoms with van der Waals surface area (Å²) in [4.78, 5) is 22.9. The minimum absolute atomic E-state index is 0.0622. The zero-order chi connectivity index (χ0) is 22.2. The number of aromatic nitrogens is 5. The average Bonchev–Trinajstić information content (AvgIpc) is 3.25. The quantitative estimate of drug-likeness (QED) is 0.415. The molecule has 3 aromatic rings. The summed E-state index contributed by atoms with van der Waals surface area (Å²) in [6.45, 7) is 4.31. The van der Waals surface area contributed by atoms with Crippen LogP contribution in [0.5, 0.6) is 0 Å². The number of aliphatic hydroxyl groups excluding tert-OH is 1. The predicted molar refractivity (Wildman–Crippen MR) is 123 cm³/mol. The fraction of sp³-hybridized carbons (Fsp3) is 0.500. The van der Waals surface area contributed by atoms with Gasteiger partial charge in [0.2, 0.25) is 5.91 Å². The summed E-state index contributed by atoms with van der Waals surface area (Å²) in [6.07, 6.45) is 1.34. The molecule has 3 heterocycles. The molecule has 168 valence electrons. The second-order valence-corrected chi connectivity index (χ2v) is 9.53. The predicted octanol–water partition coefficient (Wildman–Crippen LogP) is 2.46. The van der Waals surface area contributed by atoms with Gasteiger partial charge < -0.3 is 15.3 Å². The number of nitrogens with zero attached hydrogens (tertiary/aromatic N) is 6. The first kappa shape index (κ1) is 21.1. The summed E-state index contributed by atoms with van der Waals surface area (Å²) < 4.78 is 1.66. The second kappa shape index (κ2) is 8.67. The molecule has 1 aromatic carbocycles. The van der Waals surface area contributed by atoms with Crippen LogP contribution in [0, 0.1) is 0 Å². The van der Waals surface area contributed by atoms with Crippen LogP contribution in [0.25, 0.3) is 11.2 Å². The van der Waals surface area contributed by atoms with Crippen molar-refractivity contribution in [3.63, 3.8) is 0 Å². The first-order valence-corrected chi connectivity index (χ1v) is 12.0. The molecule has 5 rings (SSSR count). The number of aliphatic hydroxyl groups is 1. The maximum absolute atomic E-state index is 11.8. The first-order chi connectivity index (χ1) is 15.5. The maximum Gasteiger partial charge on any atom is 0.219 e. The minimum atomic E-state index is -0.715. The molecule has 2 fully saturated rings. The van der Waals surface area contributed by atoms with Crippen molar-refractivity contribution in [2.75, 3.05) is 24.2 Å². The van der Waals surface area contributed by atoms with Gasteiger partial charge in [-0.15, -0.1) is 5.10 Å². The number of carbonyl (C=O) groups is 1. The molecule has 0 unspecified atom stereocenters. The highest BCUT2D eigenvalue weighted by molar-refractivity contribution is 7.99. The highest BCUT2D eigenvalue weighted by atomic mass is 32.2. The molecule has 1 saturated carbocycles. The Morgan fingerprint density at radius 3 is 2.78 bits per heavy atom. The zero-order valence-electron chi connectivity index (χ0n) is 18.2. The number of rotatable bonds is 7. The molecule has 1 aliphatic carbocycles. The number of carbonyl (C=O) groups excluding carboxylic acids is 1. The van der Waals surface area contributed by atoms with Crippen molar-refractivity contribution in [2.45, 2.75) is 56.0 Å². The number of amides is 1. The lowest BCUT2D eigenvalue weighted by Gasteiger charge is -2.15. The second-order valence-electron chi connectivity index (χ2n) is 8.47. The van der Waals surface area contributed by atoms with Crippen LogP contribution in [-0.4, -0.2) is 71.9 Å². The van der Waals surface area contributed by atoms with Gasteiger partial charge in [-0.1, -0.05) is 54.2 Å². The van der Waals surface area contributed by atoms with E-state index in [1.165, 1.54) is 12.5 Å². The van der Waals surface area contributed by atoms with Crippen LogP contribution in [0.2, 0.25) is 0 Å². The highest BCUT2D eigenvalue weighted by Crippen LogP contribution is 2.43. The Balaban J connectivity index is 1.46. The molecule has 1 amide bonds. The van der Waals surface area contributed by atoms with Gasteiger partial charge >= 0.3 is 0 Å². The van der Waals surface area contributed by atoms with E-state index in [9.17, 15) is 9.90 Å². The Bertz CT molecular complexity index is 1120. The number of hydrogen-bond acceptors (Lipinski definition) is 8. The molecular formula is C22H27N7O2S. The van der Waals surface area contributed by atoms with E-state index in [2.05, 4.69) is 46.8 Å². The van der Waals surface area contributed by atoms with Crippen LogP contribution in [-0.2, 0) is 4.79 Å². The number of benzene rings is 1. The molecule has 0 radical (unpaired) electrons. The molecule has 1 aliphatic heterocycles. The van der Waals surface area contributed by atoms with Crippen LogP contribution in [0.1, 0.15) is 44.2 Å². The normalized spacial score (nSPS) is 24.8. The van der Waals surface area contributed by atoms with Crippen molar-refractivity contribution in [2.24, 2.45) is 0 Å². The summed E-state index contributed by atoms with van der Waals surface area (Å²) >= 11 is 1.60. The fourth-order valence-corrected chi connectivity index (χ4v) is 4.95. The van der Waals surface area contributed by atoms with E-state index >= 15 is 0 Å². The number of nitrogens with one attached hydrogen (secondary N) is 1. The minimum Gasteiger partial charge on any atom is -0.389 e. The zero-order valence-corrected chi connectivity index (χ0v) is 19.0. The largest absolute Gasteiger partial charge is 0.389 e. The van der Waals surface area contributed by atoms with Crippen molar-refractivity contribution in [1.82, 2.24) is 29.9 Å². The lowest BCUT2D eigenvalue weighted by atomic mass is 10.1. The van der Waals surface area contributed by atoms with Crippen LogP contribution < -0.4 is 5.32 Å². The van der Waals surface area contributed by atoms with Crippen molar-refractivity contribution < 1.29 is 9.90 Å². The number of anilines is 1. The summed E-state index contributed by atoms with van der Waals surface area (Å²) in [7, 11) is 0. The Morgan fingerprint density at radius 2 is 2.06 bits per heavy atom. The van der Waals surface area contributed by atoms with Gasteiger partial charge in [0.25, 0.3) is 0 Å². The van der Waals surface area contributed by atoms with E-state index in [4.69, 9.17) is 9.97 Å². The molecule has 32 heavy (non-hydrogen) atoms. The van der Waals surface area contributed by atoms with Crippen LogP contribution in [0.3, 0.4) is 0 Å². The molecule has 9 nitrogen and oxygen atoms in total. The van der Waals surface area contributed by atoms with Gasteiger partial charge in [0, 0.05) is 37.7 Å². The van der Waals surface area contributed by atoms with E-state index in [1.54, 1.807) is 21.3 Å². The first-order valence-electron chi connectivity index (χ1n) is 11.1. The Kier molecular flexibility index (Phi) is 5.73. The van der Waals surface area contributed by atoms with Gasteiger partial charge in [-0.2, -0.15) is 0 Å². The maximum atomic E-state index is 11.8. The fourth-order valence-electron chi connectivity index (χ4n) is 4.26. The Labute approximate surface area is 190 Å². The third kappa shape index (κ3) is 4.04. The lowest BCUT2D eigenvalue weighted by Crippen LogP contribution is -2.26. The van der Waals surface area contributed by atoms with Gasteiger partial charge in [-0.05, 0) is 18.4 Å². The number of fused-ring (bicyclic) bond motifs is 1. The standard InChI is InChI=1S/C22H27N7O2S/c1-3-9-32-22-24-20(23-16-10-15(16)14-7-5-4-6-8-14)19-21(25-22)29(27-26-19)17-11-28(13(2)30)12-18(17)31/h4-8,15-18,31H,3,9-12H2,1-2H3,(H,23,24,25)/t15-,16+,17+,18+/m0/s1. The monoisotopic (exact) mass is 453 g/mol.